The molecule has 0 radical (unpaired) electrons. The first kappa shape index (κ1) is 16.2. The molecule has 0 unspecified atom stereocenters. The highest BCUT2D eigenvalue weighted by molar-refractivity contribution is 7.87. The average molecular weight is 364 g/mol. The first-order valence-corrected chi connectivity index (χ1v) is 8.53. The summed E-state index contributed by atoms with van der Waals surface area (Å²) in [4.78, 5) is 9.70. The molecular formula is C16H10ClNO5S. The van der Waals surface area contributed by atoms with Gasteiger partial charge >= 0.3 is 10.1 Å². The van der Waals surface area contributed by atoms with Crippen LogP contribution in [-0.4, -0.2) is 13.3 Å². The molecule has 8 heteroatoms. The van der Waals surface area contributed by atoms with Gasteiger partial charge in [-0.3, -0.25) is 10.1 Å². The summed E-state index contributed by atoms with van der Waals surface area (Å²) in [6.45, 7) is 0. The van der Waals surface area contributed by atoms with Gasteiger partial charge in [-0.05, 0) is 17.5 Å². The second-order valence-electron chi connectivity index (χ2n) is 4.89. The number of nitro groups is 1. The van der Waals surface area contributed by atoms with Crippen molar-refractivity contribution in [2.45, 2.75) is 4.90 Å². The van der Waals surface area contributed by atoms with Gasteiger partial charge in [-0.1, -0.05) is 48.0 Å². The van der Waals surface area contributed by atoms with Crippen molar-refractivity contribution in [3.05, 3.63) is 75.8 Å². The van der Waals surface area contributed by atoms with Crippen LogP contribution in [0.25, 0.3) is 10.8 Å². The van der Waals surface area contributed by atoms with E-state index in [4.69, 9.17) is 15.8 Å². The van der Waals surface area contributed by atoms with Crippen molar-refractivity contribution in [3.63, 3.8) is 0 Å². The van der Waals surface area contributed by atoms with E-state index in [1.54, 1.807) is 18.2 Å². The van der Waals surface area contributed by atoms with Gasteiger partial charge in [0.1, 0.15) is 4.90 Å². The zero-order valence-corrected chi connectivity index (χ0v) is 13.6. The number of benzene rings is 3. The van der Waals surface area contributed by atoms with Gasteiger partial charge in [0, 0.05) is 17.5 Å². The van der Waals surface area contributed by atoms with Gasteiger partial charge in [-0.25, -0.2) is 0 Å². The number of fused-ring (bicyclic) bond motifs is 1. The molecule has 0 aliphatic rings. The monoisotopic (exact) mass is 363 g/mol. The third kappa shape index (κ3) is 3.04. The lowest BCUT2D eigenvalue weighted by Crippen LogP contribution is -2.11. The fraction of sp³-hybridized carbons (Fsp3) is 0. The molecule has 0 amide bonds. The first-order valence-electron chi connectivity index (χ1n) is 6.75. The minimum atomic E-state index is -4.33. The lowest BCUT2D eigenvalue weighted by molar-refractivity contribution is -0.385. The minimum absolute atomic E-state index is 0.121. The van der Waals surface area contributed by atoms with Gasteiger partial charge in [0.15, 0.2) is 5.75 Å². The van der Waals surface area contributed by atoms with Crippen LogP contribution >= 0.6 is 11.6 Å². The molecule has 6 nitrogen and oxygen atoms in total. The molecule has 0 saturated carbocycles. The summed E-state index contributed by atoms with van der Waals surface area (Å²) in [7, 11) is -4.33. The van der Waals surface area contributed by atoms with E-state index in [2.05, 4.69) is 0 Å². The maximum absolute atomic E-state index is 12.5. The van der Waals surface area contributed by atoms with E-state index in [0.717, 1.165) is 23.6 Å². The summed E-state index contributed by atoms with van der Waals surface area (Å²) in [5.41, 5.74) is -0.389. The van der Waals surface area contributed by atoms with Crippen molar-refractivity contribution in [2.24, 2.45) is 0 Å². The van der Waals surface area contributed by atoms with Crippen molar-refractivity contribution >= 4 is 38.2 Å². The molecule has 3 aromatic carbocycles. The molecule has 122 valence electrons. The molecule has 3 aromatic rings. The number of non-ortho nitro benzene ring substituents is 1. The van der Waals surface area contributed by atoms with Crippen LogP contribution < -0.4 is 4.18 Å². The Hall–Kier alpha value is -2.64. The van der Waals surface area contributed by atoms with Crippen LogP contribution in [0.2, 0.25) is 5.02 Å². The van der Waals surface area contributed by atoms with E-state index in [1.165, 1.54) is 6.07 Å². The van der Waals surface area contributed by atoms with Gasteiger partial charge < -0.3 is 4.18 Å². The maximum atomic E-state index is 12.5. The molecule has 0 aromatic heterocycles. The van der Waals surface area contributed by atoms with Crippen molar-refractivity contribution in [2.75, 3.05) is 0 Å². The number of nitrogens with zero attached hydrogens (tertiary/aromatic N) is 1. The van der Waals surface area contributed by atoms with E-state index in [-0.39, 0.29) is 16.5 Å². The second-order valence-corrected chi connectivity index (χ2v) is 6.81. The highest BCUT2D eigenvalue weighted by Gasteiger charge is 2.24. The fourth-order valence-corrected chi connectivity index (χ4v) is 3.67. The van der Waals surface area contributed by atoms with Crippen molar-refractivity contribution < 1.29 is 17.5 Å². The summed E-state index contributed by atoms with van der Waals surface area (Å²) < 4.78 is 30.2. The number of halogens is 1. The van der Waals surface area contributed by atoms with Gasteiger partial charge in [0.2, 0.25) is 0 Å². The molecule has 0 N–H and O–H groups in total. The quantitative estimate of drug-likeness (QED) is 0.394. The first-order chi connectivity index (χ1) is 11.4. The largest absolute Gasteiger partial charge is 0.378 e. The van der Waals surface area contributed by atoms with Crippen LogP contribution in [0, 0.1) is 10.1 Å². The SMILES string of the molecule is O=[N+]([O-])c1ccc(Cl)c(S(=O)(=O)Oc2cccc3ccccc23)c1. The Morgan fingerprint density at radius 2 is 1.71 bits per heavy atom. The smallest absolute Gasteiger partial charge is 0.340 e. The summed E-state index contributed by atoms with van der Waals surface area (Å²) in [5, 5.41) is 12.1. The summed E-state index contributed by atoms with van der Waals surface area (Å²) in [6, 6.07) is 15.2. The number of hydrogen-bond acceptors (Lipinski definition) is 5. The minimum Gasteiger partial charge on any atom is -0.378 e. The third-order valence-corrected chi connectivity index (χ3v) is 5.06. The molecule has 0 aliphatic heterocycles. The second kappa shape index (κ2) is 6.10. The lowest BCUT2D eigenvalue weighted by atomic mass is 10.1. The van der Waals surface area contributed by atoms with Gasteiger partial charge in [-0.15, -0.1) is 0 Å². The number of hydrogen-bond donors (Lipinski definition) is 0. The number of rotatable bonds is 4. The summed E-state index contributed by atoms with van der Waals surface area (Å²) in [5.74, 6) is 0.121. The van der Waals surface area contributed by atoms with Crippen LogP contribution in [0.3, 0.4) is 0 Å². The Kier molecular flexibility index (Phi) is 4.13. The molecule has 3 rings (SSSR count). The molecule has 0 aliphatic carbocycles. The molecule has 0 atom stereocenters. The third-order valence-electron chi connectivity index (χ3n) is 3.34. The van der Waals surface area contributed by atoms with Crippen molar-refractivity contribution in [3.8, 4) is 5.75 Å². The summed E-state index contributed by atoms with van der Waals surface area (Å²) in [6.07, 6.45) is 0. The van der Waals surface area contributed by atoms with Gasteiger partial charge in [-0.2, -0.15) is 8.42 Å². The van der Waals surface area contributed by atoms with E-state index >= 15 is 0 Å². The Morgan fingerprint density at radius 3 is 2.46 bits per heavy atom. The normalized spacial score (nSPS) is 11.4. The van der Waals surface area contributed by atoms with E-state index in [9.17, 15) is 18.5 Å². The van der Waals surface area contributed by atoms with Crippen LogP contribution in [0.5, 0.6) is 5.75 Å². The Morgan fingerprint density at radius 1 is 1.00 bits per heavy atom. The highest BCUT2D eigenvalue weighted by atomic mass is 35.5. The maximum Gasteiger partial charge on any atom is 0.340 e. The average Bonchev–Trinajstić information content (AvgIpc) is 2.55. The molecule has 0 spiro atoms. The van der Waals surface area contributed by atoms with Crippen LogP contribution in [0.15, 0.2) is 65.6 Å². The molecule has 0 heterocycles. The Bertz CT molecular complexity index is 1040. The molecule has 0 saturated heterocycles. The zero-order chi connectivity index (χ0) is 17.3. The van der Waals surface area contributed by atoms with Crippen LogP contribution in [0.4, 0.5) is 5.69 Å². The summed E-state index contributed by atoms with van der Waals surface area (Å²) >= 11 is 5.89. The van der Waals surface area contributed by atoms with Crippen LogP contribution in [-0.2, 0) is 10.1 Å². The van der Waals surface area contributed by atoms with E-state index in [0.29, 0.717) is 5.39 Å². The van der Waals surface area contributed by atoms with Crippen LogP contribution in [0.1, 0.15) is 0 Å². The topological polar surface area (TPSA) is 86.5 Å². The lowest BCUT2D eigenvalue weighted by Gasteiger charge is -2.10. The standard InChI is InChI=1S/C16H10ClNO5S/c17-14-9-8-12(18(19)20)10-16(14)24(21,22)23-15-7-3-5-11-4-1-2-6-13(11)15/h1-10H. The van der Waals surface area contributed by atoms with E-state index in [1.807, 2.05) is 18.2 Å². The molecule has 0 bridgehead atoms. The fourth-order valence-electron chi connectivity index (χ4n) is 2.23. The Labute approximate surface area is 142 Å². The van der Waals surface area contributed by atoms with Crippen molar-refractivity contribution in [1.82, 2.24) is 0 Å². The molecular weight excluding hydrogens is 354 g/mol. The molecule has 24 heavy (non-hydrogen) atoms. The predicted octanol–water partition coefficient (Wildman–Crippen LogP) is 4.17. The molecule has 0 fully saturated rings. The van der Waals surface area contributed by atoms with Gasteiger partial charge in [0.05, 0.1) is 9.95 Å². The predicted molar refractivity (Wildman–Crippen MR) is 89.9 cm³/mol. The van der Waals surface area contributed by atoms with Crippen molar-refractivity contribution in [1.29, 1.82) is 0 Å². The number of nitro benzene ring substituents is 1. The van der Waals surface area contributed by atoms with Gasteiger partial charge in [0.25, 0.3) is 5.69 Å². The Balaban J connectivity index is 2.09. The zero-order valence-electron chi connectivity index (χ0n) is 12.0. The highest BCUT2D eigenvalue weighted by Crippen LogP contribution is 2.31. The van der Waals surface area contributed by atoms with E-state index < -0.39 is 19.9 Å².